The van der Waals surface area contributed by atoms with E-state index in [2.05, 4.69) is 22.3 Å². The van der Waals surface area contributed by atoms with Gasteiger partial charge in [-0.1, -0.05) is 17.7 Å². The van der Waals surface area contributed by atoms with Gasteiger partial charge in [0.05, 0.1) is 6.54 Å². The fourth-order valence-electron chi connectivity index (χ4n) is 3.58. The zero-order valence-electron chi connectivity index (χ0n) is 14.4. The van der Waals surface area contributed by atoms with Crippen LogP contribution in [0.1, 0.15) is 24.4 Å². The molecule has 0 bridgehead atoms. The van der Waals surface area contributed by atoms with Crippen molar-refractivity contribution in [2.45, 2.75) is 18.9 Å². The quantitative estimate of drug-likeness (QED) is 0.884. The largest absolute Gasteiger partial charge is 0.486 e. The number of rotatable bonds is 4. The van der Waals surface area contributed by atoms with Crippen LogP contribution in [0.15, 0.2) is 42.5 Å². The minimum Gasteiger partial charge on any atom is -0.486 e. The first-order valence-corrected chi connectivity index (χ1v) is 9.26. The number of hydrogen-bond acceptors (Lipinski definition) is 4. The first kappa shape index (κ1) is 17.2. The van der Waals surface area contributed by atoms with Crippen LogP contribution in [0.5, 0.6) is 11.5 Å². The Bertz CT molecular complexity index is 794. The maximum atomic E-state index is 12.4. The van der Waals surface area contributed by atoms with Crippen molar-refractivity contribution in [2.75, 3.05) is 31.6 Å². The Morgan fingerprint density at radius 2 is 1.88 bits per heavy atom. The van der Waals surface area contributed by atoms with Crippen LogP contribution in [-0.2, 0) is 4.79 Å². The summed E-state index contributed by atoms with van der Waals surface area (Å²) < 4.78 is 11.3. The maximum Gasteiger partial charge on any atom is 0.238 e. The van der Waals surface area contributed by atoms with Crippen molar-refractivity contribution in [3.8, 4) is 11.5 Å². The number of fused-ring (bicyclic) bond motifs is 1. The minimum absolute atomic E-state index is 0.0169. The van der Waals surface area contributed by atoms with Gasteiger partial charge in [-0.2, -0.15) is 0 Å². The lowest BCUT2D eigenvalue weighted by Crippen LogP contribution is -2.33. The van der Waals surface area contributed by atoms with Gasteiger partial charge in [-0.25, -0.2) is 0 Å². The van der Waals surface area contributed by atoms with Crippen LogP contribution in [0, 0.1) is 0 Å². The van der Waals surface area contributed by atoms with E-state index in [0.717, 1.165) is 36.6 Å². The summed E-state index contributed by atoms with van der Waals surface area (Å²) in [6.45, 7) is 2.44. The SMILES string of the molecule is O=C(CN1CCCC1c1ccc2c(c1)OCCO2)Nc1ccc(Cl)cc1. The third-order valence-electron chi connectivity index (χ3n) is 4.79. The van der Waals surface area contributed by atoms with Gasteiger partial charge in [0.2, 0.25) is 5.91 Å². The van der Waals surface area contributed by atoms with E-state index in [1.807, 2.05) is 18.2 Å². The lowest BCUT2D eigenvalue weighted by molar-refractivity contribution is -0.117. The summed E-state index contributed by atoms with van der Waals surface area (Å²) in [5.41, 5.74) is 1.93. The zero-order valence-corrected chi connectivity index (χ0v) is 15.2. The average molecular weight is 373 g/mol. The van der Waals surface area contributed by atoms with Crippen LogP contribution in [-0.4, -0.2) is 37.1 Å². The van der Waals surface area contributed by atoms with Gasteiger partial charge in [0.25, 0.3) is 0 Å². The summed E-state index contributed by atoms with van der Waals surface area (Å²) in [5, 5.41) is 3.59. The summed E-state index contributed by atoms with van der Waals surface area (Å²) in [6.07, 6.45) is 2.11. The average Bonchev–Trinajstić information content (AvgIpc) is 3.11. The molecule has 4 rings (SSSR count). The molecule has 0 aromatic heterocycles. The Labute approximate surface area is 157 Å². The van der Waals surface area contributed by atoms with Gasteiger partial charge in [-0.15, -0.1) is 0 Å². The lowest BCUT2D eigenvalue weighted by Gasteiger charge is -2.26. The van der Waals surface area contributed by atoms with Crippen LogP contribution < -0.4 is 14.8 Å². The molecule has 2 aromatic rings. The molecular formula is C20H21ClN2O3. The van der Waals surface area contributed by atoms with Crippen LogP contribution in [0.3, 0.4) is 0 Å². The molecule has 1 unspecified atom stereocenters. The zero-order chi connectivity index (χ0) is 17.9. The van der Waals surface area contributed by atoms with E-state index in [-0.39, 0.29) is 11.9 Å². The standard InChI is InChI=1S/C20H21ClN2O3/c21-15-4-6-16(7-5-15)22-20(24)13-23-9-1-2-17(23)14-3-8-18-19(12-14)26-11-10-25-18/h3-8,12,17H,1-2,9-11,13H2,(H,22,24). The second kappa shape index (κ2) is 7.56. The lowest BCUT2D eigenvalue weighted by atomic mass is 10.0. The van der Waals surface area contributed by atoms with E-state index in [4.69, 9.17) is 21.1 Å². The maximum absolute atomic E-state index is 12.4. The summed E-state index contributed by atoms with van der Waals surface area (Å²) in [4.78, 5) is 14.7. The van der Waals surface area contributed by atoms with E-state index in [1.165, 1.54) is 5.56 Å². The molecule has 0 radical (unpaired) electrons. The highest BCUT2D eigenvalue weighted by Gasteiger charge is 2.28. The van der Waals surface area contributed by atoms with Gasteiger partial charge >= 0.3 is 0 Å². The molecule has 6 heteroatoms. The number of benzene rings is 2. The Balaban J connectivity index is 1.43. The molecule has 0 aliphatic carbocycles. The Kier molecular flexibility index (Phi) is 5.00. The molecule has 26 heavy (non-hydrogen) atoms. The molecule has 2 heterocycles. The van der Waals surface area contributed by atoms with Gasteiger partial charge in [0, 0.05) is 16.8 Å². The van der Waals surface area contributed by atoms with E-state index in [0.29, 0.717) is 24.8 Å². The highest BCUT2D eigenvalue weighted by atomic mass is 35.5. The molecule has 5 nitrogen and oxygen atoms in total. The monoisotopic (exact) mass is 372 g/mol. The number of anilines is 1. The van der Waals surface area contributed by atoms with Crippen LogP contribution >= 0.6 is 11.6 Å². The van der Waals surface area contributed by atoms with E-state index in [9.17, 15) is 4.79 Å². The molecule has 2 aromatic carbocycles. The summed E-state index contributed by atoms with van der Waals surface area (Å²) >= 11 is 5.88. The van der Waals surface area contributed by atoms with Crippen molar-refractivity contribution in [3.63, 3.8) is 0 Å². The first-order chi connectivity index (χ1) is 12.7. The number of carbonyl (C=O) groups excluding carboxylic acids is 1. The van der Waals surface area contributed by atoms with Crippen molar-refractivity contribution in [2.24, 2.45) is 0 Å². The molecular weight excluding hydrogens is 352 g/mol. The van der Waals surface area contributed by atoms with Crippen LogP contribution in [0.25, 0.3) is 0 Å². The number of hydrogen-bond donors (Lipinski definition) is 1. The number of nitrogens with one attached hydrogen (secondary N) is 1. The predicted octanol–water partition coefficient (Wildman–Crippen LogP) is 3.89. The fourth-order valence-corrected chi connectivity index (χ4v) is 3.70. The second-order valence-corrected chi connectivity index (χ2v) is 7.02. The smallest absolute Gasteiger partial charge is 0.238 e. The fraction of sp³-hybridized carbons (Fsp3) is 0.350. The van der Waals surface area contributed by atoms with Gasteiger partial charge in [-0.3, -0.25) is 9.69 Å². The normalized spacial score (nSPS) is 19.3. The van der Waals surface area contributed by atoms with Crippen molar-refractivity contribution in [1.82, 2.24) is 4.90 Å². The minimum atomic E-state index is -0.0169. The third-order valence-corrected chi connectivity index (χ3v) is 5.04. The van der Waals surface area contributed by atoms with E-state index >= 15 is 0 Å². The highest BCUT2D eigenvalue weighted by molar-refractivity contribution is 6.30. The Morgan fingerprint density at radius 1 is 1.12 bits per heavy atom. The molecule has 1 fully saturated rings. The van der Waals surface area contributed by atoms with E-state index < -0.39 is 0 Å². The molecule has 1 N–H and O–H groups in total. The Hall–Kier alpha value is -2.24. The topological polar surface area (TPSA) is 50.8 Å². The molecule has 2 aliphatic rings. The van der Waals surface area contributed by atoms with Crippen molar-refractivity contribution >= 4 is 23.2 Å². The number of amides is 1. The third kappa shape index (κ3) is 3.79. The summed E-state index contributed by atoms with van der Waals surface area (Å²) in [7, 11) is 0. The van der Waals surface area contributed by atoms with E-state index in [1.54, 1.807) is 12.1 Å². The van der Waals surface area contributed by atoms with Crippen molar-refractivity contribution in [1.29, 1.82) is 0 Å². The summed E-state index contributed by atoms with van der Waals surface area (Å²) in [5.74, 6) is 1.58. The molecule has 0 saturated carbocycles. The van der Waals surface area contributed by atoms with Crippen LogP contribution in [0.2, 0.25) is 5.02 Å². The molecule has 1 saturated heterocycles. The van der Waals surface area contributed by atoms with Crippen LogP contribution in [0.4, 0.5) is 5.69 Å². The molecule has 0 spiro atoms. The number of likely N-dealkylation sites (tertiary alicyclic amines) is 1. The number of halogens is 1. The Morgan fingerprint density at radius 3 is 2.69 bits per heavy atom. The molecule has 1 atom stereocenters. The first-order valence-electron chi connectivity index (χ1n) is 8.88. The predicted molar refractivity (Wildman–Crippen MR) is 101 cm³/mol. The number of carbonyl (C=O) groups is 1. The second-order valence-electron chi connectivity index (χ2n) is 6.59. The van der Waals surface area contributed by atoms with Crippen molar-refractivity contribution < 1.29 is 14.3 Å². The number of ether oxygens (including phenoxy) is 2. The van der Waals surface area contributed by atoms with Gasteiger partial charge in [-0.05, 0) is 61.3 Å². The van der Waals surface area contributed by atoms with Gasteiger partial charge in [0.15, 0.2) is 11.5 Å². The molecule has 136 valence electrons. The van der Waals surface area contributed by atoms with Gasteiger partial charge in [0.1, 0.15) is 13.2 Å². The summed E-state index contributed by atoms with van der Waals surface area (Å²) in [6, 6.07) is 13.5. The van der Waals surface area contributed by atoms with Gasteiger partial charge < -0.3 is 14.8 Å². The number of nitrogens with zero attached hydrogens (tertiary/aromatic N) is 1. The molecule has 1 amide bonds. The van der Waals surface area contributed by atoms with Crippen molar-refractivity contribution in [3.05, 3.63) is 53.1 Å². The molecule has 2 aliphatic heterocycles. The highest BCUT2D eigenvalue weighted by Crippen LogP contribution is 2.37.